The van der Waals surface area contributed by atoms with Gasteiger partial charge >= 0.3 is 6.18 Å². The molecule has 0 bridgehead atoms. The highest BCUT2D eigenvalue weighted by molar-refractivity contribution is 5.53. The fraction of sp³-hybridized carbons (Fsp3) is 0.294. The number of halogens is 3. The van der Waals surface area contributed by atoms with Crippen molar-refractivity contribution in [3.8, 4) is 11.5 Å². The van der Waals surface area contributed by atoms with E-state index in [2.05, 4.69) is 0 Å². The van der Waals surface area contributed by atoms with E-state index in [0.717, 1.165) is 11.6 Å². The van der Waals surface area contributed by atoms with E-state index >= 15 is 0 Å². The summed E-state index contributed by atoms with van der Waals surface area (Å²) in [7, 11) is 1.32. The van der Waals surface area contributed by atoms with E-state index < -0.39 is 11.7 Å². The second-order valence-electron chi connectivity index (χ2n) is 4.95. The Kier molecular flexibility index (Phi) is 5.50. The molecular formula is C17H18F3NO2. The van der Waals surface area contributed by atoms with Gasteiger partial charge in [-0.3, -0.25) is 0 Å². The van der Waals surface area contributed by atoms with E-state index in [9.17, 15) is 13.2 Å². The molecule has 0 atom stereocenters. The lowest BCUT2D eigenvalue weighted by Gasteiger charge is -2.19. The third-order valence-corrected chi connectivity index (χ3v) is 3.34. The van der Waals surface area contributed by atoms with Gasteiger partial charge in [0.2, 0.25) is 0 Å². The third kappa shape index (κ3) is 4.16. The predicted molar refractivity (Wildman–Crippen MR) is 81.5 cm³/mol. The van der Waals surface area contributed by atoms with Gasteiger partial charge in [0.05, 0.1) is 7.11 Å². The maximum atomic E-state index is 13.2. The Morgan fingerprint density at radius 1 is 1.00 bits per heavy atom. The molecule has 0 saturated carbocycles. The van der Waals surface area contributed by atoms with Gasteiger partial charge in [0, 0.05) is 0 Å². The minimum atomic E-state index is -4.53. The molecule has 0 amide bonds. The standard InChI is InChI=1S/C17H18F3NO2/c1-22-15-13(9-10-21)7-8-14(17(18,19)20)16(15)23-11-12-5-3-2-4-6-12/h2-8H,9-11,21H2,1H3. The first-order valence-corrected chi connectivity index (χ1v) is 7.11. The molecule has 2 aromatic rings. The zero-order chi connectivity index (χ0) is 16.9. The quantitative estimate of drug-likeness (QED) is 0.879. The molecule has 0 unspecified atom stereocenters. The molecule has 0 aliphatic carbocycles. The maximum absolute atomic E-state index is 13.2. The summed E-state index contributed by atoms with van der Waals surface area (Å²) >= 11 is 0. The molecule has 0 saturated heterocycles. The highest BCUT2D eigenvalue weighted by Crippen LogP contribution is 2.43. The van der Waals surface area contributed by atoms with Crippen molar-refractivity contribution < 1.29 is 22.6 Å². The maximum Gasteiger partial charge on any atom is 0.420 e. The van der Waals surface area contributed by atoms with Gasteiger partial charge in [-0.2, -0.15) is 13.2 Å². The summed E-state index contributed by atoms with van der Waals surface area (Å²) in [5.74, 6) is -0.212. The zero-order valence-corrected chi connectivity index (χ0v) is 12.7. The molecule has 0 aliphatic rings. The zero-order valence-electron chi connectivity index (χ0n) is 12.7. The largest absolute Gasteiger partial charge is 0.493 e. The summed E-state index contributed by atoms with van der Waals surface area (Å²) in [5, 5.41) is 0. The second kappa shape index (κ2) is 7.37. The first kappa shape index (κ1) is 17.1. The van der Waals surface area contributed by atoms with Crippen LogP contribution in [0.25, 0.3) is 0 Å². The lowest BCUT2D eigenvalue weighted by molar-refractivity contribution is -0.139. The van der Waals surface area contributed by atoms with Gasteiger partial charge in [0.25, 0.3) is 0 Å². The minimum Gasteiger partial charge on any atom is -0.493 e. The van der Waals surface area contributed by atoms with E-state index in [0.29, 0.717) is 18.5 Å². The number of hydrogen-bond acceptors (Lipinski definition) is 3. The molecule has 0 heterocycles. The van der Waals surface area contributed by atoms with Crippen LogP contribution in [0.3, 0.4) is 0 Å². The Labute approximate surface area is 132 Å². The van der Waals surface area contributed by atoms with Crippen LogP contribution in [0.4, 0.5) is 13.2 Å². The van der Waals surface area contributed by atoms with Crippen molar-refractivity contribution in [1.29, 1.82) is 0 Å². The normalized spacial score (nSPS) is 11.3. The van der Waals surface area contributed by atoms with E-state index in [4.69, 9.17) is 15.2 Å². The monoisotopic (exact) mass is 325 g/mol. The number of benzene rings is 2. The van der Waals surface area contributed by atoms with Crippen LogP contribution >= 0.6 is 0 Å². The summed E-state index contributed by atoms with van der Waals surface area (Å²) in [4.78, 5) is 0. The molecule has 2 aromatic carbocycles. The Bertz CT molecular complexity index is 642. The molecule has 2 N–H and O–H groups in total. The van der Waals surface area contributed by atoms with Crippen LogP contribution in [0.1, 0.15) is 16.7 Å². The molecule has 0 aromatic heterocycles. The number of hydrogen-bond donors (Lipinski definition) is 1. The summed E-state index contributed by atoms with van der Waals surface area (Å²) in [6, 6.07) is 11.4. The van der Waals surface area contributed by atoms with Gasteiger partial charge in [-0.1, -0.05) is 36.4 Å². The van der Waals surface area contributed by atoms with Gasteiger partial charge < -0.3 is 15.2 Å². The Balaban J connectivity index is 2.41. The first-order chi connectivity index (χ1) is 11.0. The molecule has 23 heavy (non-hydrogen) atoms. The number of ether oxygens (including phenoxy) is 2. The fourth-order valence-corrected chi connectivity index (χ4v) is 2.28. The van der Waals surface area contributed by atoms with Gasteiger partial charge in [0.1, 0.15) is 12.2 Å². The van der Waals surface area contributed by atoms with E-state index in [1.165, 1.54) is 13.2 Å². The van der Waals surface area contributed by atoms with Crippen molar-refractivity contribution in [2.45, 2.75) is 19.2 Å². The van der Waals surface area contributed by atoms with Crippen LogP contribution in [0, 0.1) is 0 Å². The van der Waals surface area contributed by atoms with Crippen LogP contribution in [0.15, 0.2) is 42.5 Å². The van der Waals surface area contributed by atoms with Crippen molar-refractivity contribution >= 4 is 0 Å². The topological polar surface area (TPSA) is 44.5 Å². The van der Waals surface area contributed by atoms with Gasteiger partial charge in [-0.05, 0) is 30.2 Å². The van der Waals surface area contributed by atoms with Gasteiger partial charge in [0.15, 0.2) is 11.5 Å². The SMILES string of the molecule is COc1c(CCN)ccc(C(F)(F)F)c1OCc1ccccc1. The lowest BCUT2D eigenvalue weighted by atomic mass is 10.1. The number of nitrogens with two attached hydrogens (primary N) is 1. The first-order valence-electron chi connectivity index (χ1n) is 7.11. The van der Waals surface area contributed by atoms with Gasteiger partial charge in [-0.15, -0.1) is 0 Å². The Morgan fingerprint density at radius 2 is 1.70 bits per heavy atom. The molecule has 3 nitrogen and oxygen atoms in total. The van der Waals surface area contributed by atoms with Crippen LogP contribution in [0.5, 0.6) is 11.5 Å². The molecule has 0 fully saturated rings. The van der Waals surface area contributed by atoms with Crippen molar-refractivity contribution in [3.63, 3.8) is 0 Å². The van der Waals surface area contributed by atoms with Crippen LogP contribution < -0.4 is 15.2 Å². The summed E-state index contributed by atoms with van der Waals surface area (Å²) < 4.78 is 50.4. The summed E-state index contributed by atoms with van der Waals surface area (Å²) in [6.07, 6.45) is -4.12. The third-order valence-electron chi connectivity index (χ3n) is 3.34. The molecule has 124 valence electrons. The number of rotatable bonds is 6. The van der Waals surface area contributed by atoms with E-state index in [1.54, 1.807) is 24.3 Å². The van der Waals surface area contributed by atoms with Crippen molar-refractivity contribution in [2.24, 2.45) is 5.73 Å². The van der Waals surface area contributed by atoms with Crippen molar-refractivity contribution in [3.05, 3.63) is 59.2 Å². The lowest BCUT2D eigenvalue weighted by Crippen LogP contribution is -2.12. The highest BCUT2D eigenvalue weighted by Gasteiger charge is 2.36. The predicted octanol–water partition coefficient (Wildman–Crippen LogP) is 3.79. The van der Waals surface area contributed by atoms with Crippen LogP contribution in [0.2, 0.25) is 0 Å². The fourth-order valence-electron chi connectivity index (χ4n) is 2.28. The van der Waals surface area contributed by atoms with Gasteiger partial charge in [-0.25, -0.2) is 0 Å². The molecular weight excluding hydrogens is 307 g/mol. The molecule has 0 spiro atoms. The Hall–Kier alpha value is -2.21. The van der Waals surface area contributed by atoms with Crippen molar-refractivity contribution in [1.82, 2.24) is 0 Å². The number of methoxy groups -OCH3 is 1. The molecule has 0 radical (unpaired) electrons. The van der Waals surface area contributed by atoms with Crippen molar-refractivity contribution in [2.75, 3.05) is 13.7 Å². The minimum absolute atomic E-state index is 0.0202. The molecule has 0 aliphatic heterocycles. The average molecular weight is 325 g/mol. The van der Waals surface area contributed by atoms with Crippen LogP contribution in [-0.4, -0.2) is 13.7 Å². The summed E-state index contributed by atoms with van der Waals surface area (Å²) in [6.45, 7) is 0.326. The van der Waals surface area contributed by atoms with E-state index in [-0.39, 0.29) is 18.1 Å². The van der Waals surface area contributed by atoms with E-state index in [1.807, 2.05) is 6.07 Å². The summed E-state index contributed by atoms with van der Waals surface area (Å²) in [5.41, 5.74) is 6.01. The highest BCUT2D eigenvalue weighted by atomic mass is 19.4. The van der Waals surface area contributed by atoms with Crippen LogP contribution in [-0.2, 0) is 19.2 Å². The second-order valence-corrected chi connectivity index (χ2v) is 4.95. The number of alkyl halides is 3. The molecule has 2 rings (SSSR count). The Morgan fingerprint density at radius 3 is 2.26 bits per heavy atom. The average Bonchev–Trinajstić information content (AvgIpc) is 2.53. The smallest absolute Gasteiger partial charge is 0.420 e. The molecule has 6 heteroatoms.